The van der Waals surface area contributed by atoms with Crippen LogP contribution in [0.2, 0.25) is 0 Å². The van der Waals surface area contributed by atoms with Crippen molar-refractivity contribution in [3.05, 3.63) is 34.3 Å². The molecule has 1 aromatic carbocycles. The number of ether oxygens (including phenoxy) is 1. The van der Waals surface area contributed by atoms with Crippen molar-refractivity contribution >= 4 is 15.9 Å². The Morgan fingerprint density at radius 1 is 1.44 bits per heavy atom. The first-order chi connectivity index (χ1) is 8.65. The molecule has 0 fully saturated rings. The number of hydrogen-bond donors (Lipinski definition) is 1. The van der Waals surface area contributed by atoms with Gasteiger partial charge in [0, 0.05) is 30.7 Å². The molecule has 1 unspecified atom stereocenters. The minimum Gasteiger partial charge on any atom is -0.377 e. The van der Waals surface area contributed by atoms with Gasteiger partial charge in [-0.1, -0.05) is 28.1 Å². The summed E-state index contributed by atoms with van der Waals surface area (Å²) in [6.07, 6.45) is 1.16. The van der Waals surface area contributed by atoms with Crippen molar-refractivity contribution in [2.75, 3.05) is 26.7 Å². The lowest BCUT2D eigenvalue weighted by atomic mass is 10.2. The first kappa shape index (κ1) is 15.6. The molecule has 0 aliphatic carbocycles. The van der Waals surface area contributed by atoms with Crippen LogP contribution < -0.4 is 5.73 Å². The summed E-state index contributed by atoms with van der Waals surface area (Å²) < 4.78 is 6.68. The van der Waals surface area contributed by atoms with Gasteiger partial charge in [-0.3, -0.25) is 0 Å². The van der Waals surface area contributed by atoms with Gasteiger partial charge in [0.2, 0.25) is 0 Å². The van der Waals surface area contributed by atoms with Crippen LogP contribution in [-0.4, -0.2) is 37.7 Å². The van der Waals surface area contributed by atoms with E-state index in [0.717, 1.165) is 30.6 Å². The Morgan fingerprint density at radius 3 is 2.83 bits per heavy atom. The predicted molar refractivity (Wildman–Crippen MR) is 79.6 cm³/mol. The van der Waals surface area contributed by atoms with Crippen LogP contribution in [0, 0.1) is 0 Å². The molecule has 1 atom stereocenters. The Hall–Kier alpha value is -0.420. The van der Waals surface area contributed by atoms with Crippen molar-refractivity contribution in [2.45, 2.75) is 26.0 Å². The van der Waals surface area contributed by atoms with Crippen molar-refractivity contribution in [3.63, 3.8) is 0 Å². The van der Waals surface area contributed by atoms with Gasteiger partial charge in [0.25, 0.3) is 0 Å². The van der Waals surface area contributed by atoms with E-state index in [0.29, 0.717) is 6.54 Å². The summed E-state index contributed by atoms with van der Waals surface area (Å²) in [6.45, 7) is 5.28. The Labute approximate surface area is 118 Å². The summed E-state index contributed by atoms with van der Waals surface area (Å²) in [6, 6.07) is 8.41. The molecule has 0 radical (unpaired) electrons. The molecular weight excluding hydrogens is 292 g/mol. The van der Waals surface area contributed by atoms with Crippen molar-refractivity contribution in [3.8, 4) is 0 Å². The normalized spacial score (nSPS) is 12.9. The molecule has 0 aliphatic heterocycles. The van der Waals surface area contributed by atoms with Crippen LogP contribution in [-0.2, 0) is 11.3 Å². The number of benzene rings is 1. The molecule has 0 heterocycles. The SMILES string of the molecule is CCOC(CN)CCN(C)Cc1cccc(Br)c1. The average Bonchev–Trinajstić information content (AvgIpc) is 2.34. The van der Waals surface area contributed by atoms with Gasteiger partial charge >= 0.3 is 0 Å². The van der Waals surface area contributed by atoms with E-state index in [2.05, 4.69) is 46.1 Å². The maximum atomic E-state index is 5.67. The van der Waals surface area contributed by atoms with Crippen LogP contribution in [0.3, 0.4) is 0 Å². The average molecular weight is 315 g/mol. The van der Waals surface area contributed by atoms with Gasteiger partial charge in [-0.15, -0.1) is 0 Å². The zero-order valence-electron chi connectivity index (χ0n) is 11.2. The third-order valence-electron chi connectivity index (χ3n) is 2.84. The number of halogens is 1. The maximum absolute atomic E-state index is 5.67. The van der Waals surface area contributed by atoms with E-state index < -0.39 is 0 Å². The zero-order chi connectivity index (χ0) is 13.4. The molecule has 3 nitrogen and oxygen atoms in total. The highest BCUT2D eigenvalue weighted by Crippen LogP contribution is 2.13. The minimum atomic E-state index is 0.181. The smallest absolute Gasteiger partial charge is 0.0709 e. The van der Waals surface area contributed by atoms with Crippen molar-refractivity contribution < 1.29 is 4.74 Å². The van der Waals surface area contributed by atoms with Gasteiger partial charge in [0.15, 0.2) is 0 Å². The summed E-state index contributed by atoms with van der Waals surface area (Å²) in [7, 11) is 2.13. The molecule has 2 N–H and O–H groups in total. The van der Waals surface area contributed by atoms with E-state index in [1.807, 2.05) is 13.0 Å². The highest BCUT2D eigenvalue weighted by Gasteiger charge is 2.08. The second-order valence-electron chi connectivity index (χ2n) is 4.47. The first-order valence-electron chi connectivity index (χ1n) is 6.40. The number of nitrogens with two attached hydrogens (primary N) is 1. The second-order valence-corrected chi connectivity index (χ2v) is 5.39. The van der Waals surface area contributed by atoms with Crippen LogP contribution in [0.25, 0.3) is 0 Å². The van der Waals surface area contributed by atoms with Crippen LogP contribution in [0.5, 0.6) is 0 Å². The second kappa shape index (κ2) is 8.64. The zero-order valence-corrected chi connectivity index (χ0v) is 12.8. The van der Waals surface area contributed by atoms with E-state index in [4.69, 9.17) is 10.5 Å². The Bertz CT molecular complexity index is 346. The maximum Gasteiger partial charge on any atom is 0.0709 e. The lowest BCUT2D eigenvalue weighted by molar-refractivity contribution is 0.0559. The molecule has 0 aliphatic rings. The van der Waals surface area contributed by atoms with Crippen LogP contribution in [0.15, 0.2) is 28.7 Å². The van der Waals surface area contributed by atoms with Crippen molar-refractivity contribution in [1.82, 2.24) is 4.90 Å². The van der Waals surface area contributed by atoms with Crippen molar-refractivity contribution in [2.24, 2.45) is 5.73 Å². The molecule has 102 valence electrons. The molecular formula is C14H23BrN2O. The van der Waals surface area contributed by atoms with Crippen LogP contribution in [0.1, 0.15) is 18.9 Å². The van der Waals surface area contributed by atoms with E-state index in [1.165, 1.54) is 5.56 Å². The molecule has 0 saturated carbocycles. The summed E-state index contributed by atoms with van der Waals surface area (Å²) in [5.74, 6) is 0. The molecule has 1 rings (SSSR count). The molecule has 0 bridgehead atoms. The summed E-state index contributed by atoms with van der Waals surface area (Å²) in [5.41, 5.74) is 6.98. The molecule has 4 heteroatoms. The fourth-order valence-corrected chi connectivity index (χ4v) is 2.34. The number of rotatable bonds is 8. The Balaban J connectivity index is 2.35. The topological polar surface area (TPSA) is 38.5 Å². The summed E-state index contributed by atoms with van der Waals surface area (Å²) in [4.78, 5) is 2.30. The van der Waals surface area contributed by atoms with Gasteiger partial charge in [0.1, 0.15) is 0 Å². The third-order valence-corrected chi connectivity index (χ3v) is 3.33. The van der Waals surface area contributed by atoms with E-state index in [1.54, 1.807) is 0 Å². The molecule has 0 spiro atoms. The lowest BCUT2D eigenvalue weighted by Crippen LogP contribution is -2.29. The quantitative estimate of drug-likeness (QED) is 0.801. The lowest BCUT2D eigenvalue weighted by Gasteiger charge is -2.21. The molecule has 0 amide bonds. The minimum absolute atomic E-state index is 0.181. The number of hydrogen-bond acceptors (Lipinski definition) is 3. The molecule has 0 saturated heterocycles. The van der Waals surface area contributed by atoms with E-state index in [9.17, 15) is 0 Å². The Morgan fingerprint density at radius 2 is 2.22 bits per heavy atom. The van der Waals surface area contributed by atoms with Gasteiger partial charge in [-0.25, -0.2) is 0 Å². The largest absolute Gasteiger partial charge is 0.377 e. The fraction of sp³-hybridized carbons (Fsp3) is 0.571. The van der Waals surface area contributed by atoms with Gasteiger partial charge in [-0.2, -0.15) is 0 Å². The van der Waals surface area contributed by atoms with Crippen LogP contribution in [0.4, 0.5) is 0 Å². The summed E-state index contributed by atoms with van der Waals surface area (Å²) >= 11 is 3.49. The monoisotopic (exact) mass is 314 g/mol. The molecule has 0 aromatic heterocycles. The van der Waals surface area contributed by atoms with E-state index in [-0.39, 0.29) is 6.10 Å². The highest BCUT2D eigenvalue weighted by atomic mass is 79.9. The predicted octanol–water partition coefficient (Wildman–Crippen LogP) is 2.63. The van der Waals surface area contributed by atoms with Gasteiger partial charge < -0.3 is 15.4 Å². The van der Waals surface area contributed by atoms with Gasteiger partial charge in [-0.05, 0) is 38.1 Å². The first-order valence-corrected chi connectivity index (χ1v) is 7.19. The number of nitrogens with zero attached hydrogens (tertiary/aromatic N) is 1. The highest BCUT2D eigenvalue weighted by molar-refractivity contribution is 9.10. The molecule has 1 aromatic rings. The molecule has 18 heavy (non-hydrogen) atoms. The van der Waals surface area contributed by atoms with Gasteiger partial charge in [0.05, 0.1) is 6.10 Å². The van der Waals surface area contributed by atoms with Crippen molar-refractivity contribution in [1.29, 1.82) is 0 Å². The Kier molecular flexibility index (Phi) is 7.51. The van der Waals surface area contributed by atoms with E-state index >= 15 is 0 Å². The fourth-order valence-electron chi connectivity index (χ4n) is 1.90. The summed E-state index contributed by atoms with van der Waals surface area (Å²) in [5, 5.41) is 0. The standard InChI is InChI=1S/C14H23BrN2O/c1-3-18-14(10-16)7-8-17(2)11-12-5-4-6-13(15)9-12/h4-6,9,14H,3,7-8,10-11,16H2,1-2H3. The third kappa shape index (κ3) is 5.96. The van der Waals surface area contributed by atoms with Crippen LogP contribution >= 0.6 is 15.9 Å².